The molecular formula is C14H30N2. The van der Waals surface area contributed by atoms with Gasteiger partial charge in [-0.3, -0.25) is 4.90 Å². The molecule has 0 radical (unpaired) electrons. The molecule has 3 atom stereocenters. The van der Waals surface area contributed by atoms with Crippen LogP contribution in [0.1, 0.15) is 59.3 Å². The molecule has 0 saturated heterocycles. The fourth-order valence-electron chi connectivity index (χ4n) is 3.36. The lowest BCUT2D eigenvalue weighted by Gasteiger charge is -2.48. The van der Waals surface area contributed by atoms with Crippen LogP contribution in [0.15, 0.2) is 0 Å². The van der Waals surface area contributed by atoms with E-state index < -0.39 is 0 Å². The van der Waals surface area contributed by atoms with Crippen molar-refractivity contribution < 1.29 is 0 Å². The van der Waals surface area contributed by atoms with Crippen molar-refractivity contribution in [1.82, 2.24) is 4.90 Å². The van der Waals surface area contributed by atoms with Gasteiger partial charge in [-0.1, -0.05) is 33.1 Å². The molecule has 96 valence electrons. The van der Waals surface area contributed by atoms with Crippen LogP contribution in [-0.2, 0) is 0 Å². The molecule has 0 aromatic rings. The standard InChI is InChI=1S/C14H30N2/c1-5-7-13(3)16(4)14(11-15)9-6-8-12(2)10-14/h12-13H,5-11,15H2,1-4H3. The van der Waals surface area contributed by atoms with Crippen molar-refractivity contribution in [2.75, 3.05) is 13.6 Å². The smallest absolute Gasteiger partial charge is 0.0334 e. The van der Waals surface area contributed by atoms with Gasteiger partial charge in [0.15, 0.2) is 0 Å². The van der Waals surface area contributed by atoms with Crippen molar-refractivity contribution in [2.45, 2.75) is 70.9 Å². The zero-order valence-corrected chi connectivity index (χ0v) is 11.6. The first-order valence-electron chi connectivity index (χ1n) is 6.98. The van der Waals surface area contributed by atoms with E-state index in [0.717, 1.165) is 12.5 Å². The molecule has 16 heavy (non-hydrogen) atoms. The number of hydrogen-bond donors (Lipinski definition) is 1. The van der Waals surface area contributed by atoms with E-state index in [1.807, 2.05) is 0 Å². The molecule has 2 heteroatoms. The third kappa shape index (κ3) is 2.98. The van der Waals surface area contributed by atoms with Gasteiger partial charge < -0.3 is 5.73 Å². The average molecular weight is 226 g/mol. The SMILES string of the molecule is CCCC(C)N(C)C1(CN)CCCC(C)C1. The van der Waals surface area contributed by atoms with E-state index >= 15 is 0 Å². The Labute approximate surface area is 102 Å². The van der Waals surface area contributed by atoms with Gasteiger partial charge >= 0.3 is 0 Å². The highest BCUT2D eigenvalue weighted by molar-refractivity contribution is 4.96. The van der Waals surface area contributed by atoms with Crippen molar-refractivity contribution in [3.8, 4) is 0 Å². The predicted octanol–water partition coefficient (Wildman–Crippen LogP) is 3.01. The van der Waals surface area contributed by atoms with Gasteiger partial charge in [-0.2, -0.15) is 0 Å². The number of likely N-dealkylation sites (N-methyl/N-ethyl adjacent to an activating group) is 1. The Morgan fingerprint density at radius 2 is 2.19 bits per heavy atom. The maximum absolute atomic E-state index is 6.09. The van der Waals surface area contributed by atoms with E-state index in [2.05, 4.69) is 32.7 Å². The highest BCUT2D eigenvalue weighted by Crippen LogP contribution is 2.36. The van der Waals surface area contributed by atoms with Crippen LogP contribution in [0.5, 0.6) is 0 Å². The Hall–Kier alpha value is -0.0800. The molecule has 2 nitrogen and oxygen atoms in total. The van der Waals surface area contributed by atoms with Crippen molar-refractivity contribution in [1.29, 1.82) is 0 Å². The summed E-state index contributed by atoms with van der Waals surface area (Å²) < 4.78 is 0. The molecule has 0 amide bonds. The van der Waals surface area contributed by atoms with E-state index in [1.165, 1.54) is 38.5 Å². The fourth-order valence-corrected chi connectivity index (χ4v) is 3.36. The molecule has 2 N–H and O–H groups in total. The maximum Gasteiger partial charge on any atom is 0.0334 e. The average Bonchev–Trinajstić information content (AvgIpc) is 2.28. The molecule has 0 bridgehead atoms. The molecule has 0 heterocycles. The van der Waals surface area contributed by atoms with Crippen LogP contribution in [0, 0.1) is 5.92 Å². The van der Waals surface area contributed by atoms with Crippen molar-refractivity contribution in [3.05, 3.63) is 0 Å². The summed E-state index contributed by atoms with van der Waals surface area (Å²) in [4.78, 5) is 2.58. The molecule has 1 aliphatic rings. The van der Waals surface area contributed by atoms with Crippen LogP contribution in [-0.4, -0.2) is 30.1 Å². The molecule has 1 rings (SSSR count). The molecule has 0 aliphatic heterocycles. The highest BCUT2D eigenvalue weighted by atomic mass is 15.2. The van der Waals surface area contributed by atoms with Gasteiger partial charge in [0.25, 0.3) is 0 Å². The Morgan fingerprint density at radius 3 is 2.69 bits per heavy atom. The molecule has 0 spiro atoms. The minimum Gasteiger partial charge on any atom is -0.329 e. The molecule has 0 aromatic carbocycles. The van der Waals surface area contributed by atoms with Gasteiger partial charge in [0.2, 0.25) is 0 Å². The van der Waals surface area contributed by atoms with Gasteiger partial charge in [-0.05, 0) is 39.2 Å². The third-order valence-corrected chi connectivity index (χ3v) is 4.56. The zero-order chi connectivity index (χ0) is 12.2. The zero-order valence-electron chi connectivity index (χ0n) is 11.6. The fraction of sp³-hybridized carbons (Fsp3) is 1.00. The summed E-state index contributed by atoms with van der Waals surface area (Å²) in [6.07, 6.45) is 7.86. The monoisotopic (exact) mass is 226 g/mol. The van der Waals surface area contributed by atoms with Gasteiger partial charge in [0, 0.05) is 18.1 Å². The Kier molecular flexibility index (Phi) is 5.26. The minimum absolute atomic E-state index is 0.284. The van der Waals surface area contributed by atoms with Crippen LogP contribution in [0.2, 0.25) is 0 Å². The van der Waals surface area contributed by atoms with E-state index in [-0.39, 0.29) is 5.54 Å². The number of nitrogens with zero attached hydrogens (tertiary/aromatic N) is 1. The second-order valence-corrected chi connectivity index (χ2v) is 5.88. The second-order valence-electron chi connectivity index (χ2n) is 5.88. The van der Waals surface area contributed by atoms with Gasteiger partial charge in [-0.25, -0.2) is 0 Å². The van der Waals surface area contributed by atoms with Gasteiger partial charge in [-0.15, -0.1) is 0 Å². The van der Waals surface area contributed by atoms with Crippen molar-refractivity contribution in [2.24, 2.45) is 11.7 Å². The van der Waals surface area contributed by atoms with Gasteiger partial charge in [0.1, 0.15) is 0 Å². The third-order valence-electron chi connectivity index (χ3n) is 4.56. The van der Waals surface area contributed by atoms with E-state index in [9.17, 15) is 0 Å². The molecule has 0 aromatic heterocycles. The highest BCUT2D eigenvalue weighted by Gasteiger charge is 2.38. The summed E-state index contributed by atoms with van der Waals surface area (Å²) in [6, 6.07) is 0.666. The quantitative estimate of drug-likeness (QED) is 0.781. The van der Waals surface area contributed by atoms with E-state index in [1.54, 1.807) is 0 Å². The lowest BCUT2D eigenvalue weighted by atomic mass is 9.75. The van der Waals surface area contributed by atoms with Crippen molar-refractivity contribution >= 4 is 0 Å². The van der Waals surface area contributed by atoms with Crippen LogP contribution < -0.4 is 5.73 Å². The summed E-state index contributed by atoms with van der Waals surface area (Å²) in [5.74, 6) is 0.841. The number of nitrogens with two attached hydrogens (primary N) is 1. The number of rotatable bonds is 5. The van der Waals surface area contributed by atoms with Crippen LogP contribution in [0.4, 0.5) is 0 Å². The predicted molar refractivity (Wildman–Crippen MR) is 71.6 cm³/mol. The normalized spacial score (nSPS) is 33.0. The summed E-state index contributed by atoms with van der Waals surface area (Å²) in [5, 5.41) is 0. The maximum atomic E-state index is 6.09. The molecular weight excluding hydrogens is 196 g/mol. The Morgan fingerprint density at radius 1 is 1.50 bits per heavy atom. The minimum atomic E-state index is 0.284. The summed E-state index contributed by atoms with van der Waals surface area (Å²) in [6.45, 7) is 7.81. The summed E-state index contributed by atoms with van der Waals surface area (Å²) in [7, 11) is 2.28. The van der Waals surface area contributed by atoms with E-state index in [4.69, 9.17) is 5.73 Å². The molecule has 1 aliphatic carbocycles. The van der Waals surface area contributed by atoms with Crippen LogP contribution in [0.25, 0.3) is 0 Å². The first kappa shape index (κ1) is 14.0. The van der Waals surface area contributed by atoms with Crippen LogP contribution >= 0.6 is 0 Å². The lowest BCUT2D eigenvalue weighted by Crippen LogP contribution is -2.57. The summed E-state index contributed by atoms with van der Waals surface area (Å²) in [5.41, 5.74) is 6.38. The molecule has 1 saturated carbocycles. The molecule has 1 fully saturated rings. The largest absolute Gasteiger partial charge is 0.329 e. The molecule has 3 unspecified atom stereocenters. The second kappa shape index (κ2) is 6.02. The summed E-state index contributed by atoms with van der Waals surface area (Å²) >= 11 is 0. The Balaban J connectivity index is 2.70. The van der Waals surface area contributed by atoms with Gasteiger partial charge in [0.05, 0.1) is 0 Å². The number of hydrogen-bond acceptors (Lipinski definition) is 2. The Bertz CT molecular complexity index is 205. The topological polar surface area (TPSA) is 29.3 Å². The first-order valence-corrected chi connectivity index (χ1v) is 6.98. The first-order chi connectivity index (χ1) is 7.55. The van der Waals surface area contributed by atoms with Crippen LogP contribution in [0.3, 0.4) is 0 Å². The van der Waals surface area contributed by atoms with E-state index in [0.29, 0.717) is 6.04 Å². The van der Waals surface area contributed by atoms with Crippen molar-refractivity contribution in [3.63, 3.8) is 0 Å². The lowest BCUT2D eigenvalue weighted by molar-refractivity contribution is 0.0297.